The number of aromatic nitrogens is 1. The number of Topliss-reactive ketones (excluding diaryl/α,β-unsaturated/α-hetero) is 1. The third-order valence-corrected chi connectivity index (χ3v) is 2.72. The SMILES string of the molecule is O=C(C1=NCCN1)c1ccc2ccccc2n1. The summed E-state index contributed by atoms with van der Waals surface area (Å²) in [6.07, 6.45) is 0. The topological polar surface area (TPSA) is 54.4 Å². The number of hydrogen-bond acceptors (Lipinski definition) is 4. The molecule has 4 nitrogen and oxygen atoms in total. The smallest absolute Gasteiger partial charge is 0.245 e. The second-order valence-electron chi connectivity index (χ2n) is 3.88. The number of ketones is 1. The van der Waals surface area contributed by atoms with Crippen molar-refractivity contribution < 1.29 is 4.79 Å². The minimum absolute atomic E-state index is 0.131. The van der Waals surface area contributed by atoms with Gasteiger partial charge in [0, 0.05) is 11.9 Å². The molecule has 1 aliphatic rings. The molecule has 1 aliphatic heterocycles. The maximum atomic E-state index is 12.0. The monoisotopic (exact) mass is 225 g/mol. The van der Waals surface area contributed by atoms with Gasteiger partial charge in [-0.3, -0.25) is 9.79 Å². The van der Waals surface area contributed by atoms with Gasteiger partial charge in [0.05, 0.1) is 12.1 Å². The predicted molar refractivity (Wildman–Crippen MR) is 66.4 cm³/mol. The lowest BCUT2D eigenvalue weighted by atomic mass is 10.1. The molecule has 0 amide bonds. The highest BCUT2D eigenvalue weighted by molar-refractivity contribution is 6.45. The molecule has 2 heterocycles. The van der Waals surface area contributed by atoms with E-state index < -0.39 is 0 Å². The molecule has 84 valence electrons. The molecule has 1 aromatic carbocycles. The summed E-state index contributed by atoms with van der Waals surface area (Å²) in [6.45, 7) is 1.39. The van der Waals surface area contributed by atoms with Gasteiger partial charge < -0.3 is 5.32 Å². The molecular weight excluding hydrogens is 214 g/mol. The van der Waals surface area contributed by atoms with Gasteiger partial charge in [-0.1, -0.05) is 24.3 Å². The highest BCUT2D eigenvalue weighted by Gasteiger charge is 2.17. The summed E-state index contributed by atoms with van der Waals surface area (Å²) in [5, 5.41) is 4.00. The number of pyridine rings is 1. The van der Waals surface area contributed by atoms with Gasteiger partial charge in [-0.05, 0) is 12.1 Å². The molecule has 0 bridgehead atoms. The minimum atomic E-state index is -0.131. The van der Waals surface area contributed by atoms with Crippen molar-refractivity contribution in [3.05, 3.63) is 42.1 Å². The van der Waals surface area contributed by atoms with Gasteiger partial charge in [-0.15, -0.1) is 0 Å². The van der Waals surface area contributed by atoms with Crippen molar-refractivity contribution in [2.45, 2.75) is 0 Å². The van der Waals surface area contributed by atoms with Crippen molar-refractivity contribution in [1.82, 2.24) is 10.3 Å². The predicted octanol–water partition coefficient (Wildman–Crippen LogP) is 1.42. The molecule has 0 spiro atoms. The van der Waals surface area contributed by atoms with Crippen LogP contribution in [0.1, 0.15) is 10.5 Å². The van der Waals surface area contributed by atoms with Crippen LogP contribution in [0, 0.1) is 0 Å². The summed E-state index contributed by atoms with van der Waals surface area (Å²) < 4.78 is 0. The van der Waals surface area contributed by atoms with Crippen molar-refractivity contribution >= 4 is 22.5 Å². The first-order valence-electron chi connectivity index (χ1n) is 5.53. The maximum Gasteiger partial charge on any atom is 0.245 e. The maximum absolute atomic E-state index is 12.0. The molecule has 0 unspecified atom stereocenters. The fourth-order valence-corrected chi connectivity index (χ4v) is 1.86. The molecule has 0 radical (unpaired) electrons. The van der Waals surface area contributed by atoms with E-state index in [0.717, 1.165) is 17.4 Å². The van der Waals surface area contributed by atoms with Crippen LogP contribution in [0.5, 0.6) is 0 Å². The summed E-state index contributed by atoms with van der Waals surface area (Å²) in [7, 11) is 0. The Bertz CT molecular complexity index is 619. The number of nitrogens with zero attached hydrogens (tertiary/aromatic N) is 2. The van der Waals surface area contributed by atoms with Gasteiger partial charge in [0.1, 0.15) is 5.69 Å². The van der Waals surface area contributed by atoms with E-state index in [4.69, 9.17) is 0 Å². The van der Waals surface area contributed by atoms with Crippen LogP contribution in [0.25, 0.3) is 10.9 Å². The zero-order valence-electron chi connectivity index (χ0n) is 9.18. The lowest BCUT2D eigenvalue weighted by Crippen LogP contribution is -2.27. The molecule has 1 aromatic heterocycles. The summed E-state index contributed by atoms with van der Waals surface area (Å²) >= 11 is 0. The summed E-state index contributed by atoms with van der Waals surface area (Å²) in [5.74, 6) is 0.293. The van der Waals surface area contributed by atoms with E-state index in [1.807, 2.05) is 30.3 Å². The van der Waals surface area contributed by atoms with E-state index in [1.54, 1.807) is 6.07 Å². The molecule has 0 aliphatic carbocycles. The van der Waals surface area contributed by atoms with Gasteiger partial charge >= 0.3 is 0 Å². The number of hydrogen-bond donors (Lipinski definition) is 1. The van der Waals surface area contributed by atoms with Crippen LogP contribution < -0.4 is 5.32 Å². The van der Waals surface area contributed by atoms with E-state index >= 15 is 0 Å². The number of carbonyl (C=O) groups is 1. The Labute approximate surface area is 98.4 Å². The Hall–Kier alpha value is -2.23. The Morgan fingerprint density at radius 2 is 2.06 bits per heavy atom. The number of nitrogens with one attached hydrogen (secondary N) is 1. The van der Waals surface area contributed by atoms with Crippen molar-refractivity contribution in [3.63, 3.8) is 0 Å². The Morgan fingerprint density at radius 1 is 1.18 bits per heavy atom. The van der Waals surface area contributed by atoms with Crippen LogP contribution in [0.2, 0.25) is 0 Å². The third kappa shape index (κ3) is 1.78. The molecule has 2 aromatic rings. The second-order valence-corrected chi connectivity index (χ2v) is 3.88. The lowest BCUT2D eigenvalue weighted by molar-refractivity contribution is 0.105. The molecular formula is C13H11N3O. The zero-order valence-corrected chi connectivity index (χ0v) is 9.18. The molecule has 4 heteroatoms. The van der Waals surface area contributed by atoms with Crippen LogP contribution >= 0.6 is 0 Å². The second kappa shape index (κ2) is 3.97. The highest BCUT2D eigenvalue weighted by Crippen LogP contribution is 2.12. The fourth-order valence-electron chi connectivity index (χ4n) is 1.86. The number of para-hydroxylation sites is 1. The summed E-state index contributed by atoms with van der Waals surface area (Å²) in [4.78, 5) is 20.5. The van der Waals surface area contributed by atoms with Crippen LogP contribution in [-0.4, -0.2) is 29.7 Å². The van der Waals surface area contributed by atoms with Gasteiger partial charge in [0.25, 0.3) is 0 Å². The normalized spacial score (nSPS) is 14.5. The van der Waals surface area contributed by atoms with Gasteiger partial charge in [0.15, 0.2) is 5.84 Å². The lowest BCUT2D eigenvalue weighted by Gasteiger charge is -2.02. The minimum Gasteiger partial charge on any atom is -0.365 e. The Kier molecular flexibility index (Phi) is 2.33. The van der Waals surface area contributed by atoms with Crippen molar-refractivity contribution in [2.75, 3.05) is 13.1 Å². The Balaban J connectivity index is 2.03. The standard InChI is InChI=1S/C13H11N3O/c17-12(13-14-7-8-15-13)11-6-5-9-3-1-2-4-10(9)16-11/h1-6H,7-8H2,(H,14,15). The number of benzene rings is 1. The van der Waals surface area contributed by atoms with Crippen LogP contribution in [0.15, 0.2) is 41.4 Å². The largest absolute Gasteiger partial charge is 0.365 e. The van der Waals surface area contributed by atoms with E-state index in [-0.39, 0.29) is 5.78 Å². The highest BCUT2D eigenvalue weighted by atomic mass is 16.1. The van der Waals surface area contributed by atoms with E-state index in [1.165, 1.54) is 0 Å². The molecule has 1 N–H and O–H groups in total. The van der Waals surface area contributed by atoms with Crippen molar-refractivity contribution in [1.29, 1.82) is 0 Å². The third-order valence-electron chi connectivity index (χ3n) is 2.72. The summed E-state index contributed by atoms with van der Waals surface area (Å²) in [6, 6.07) is 11.4. The average molecular weight is 225 g/mol. The van der Waals surface area contributed by atoms with Gasteiger partial charge in [-0.25, -0.2) is 4.98 Å². The van der Waals surface area contributed by atoms with E-state index in [2.05, 4.69) is 15.3 Å². The van der Waals surface area contributed by atoms with Crippen LogP contribution in [-0.2, 0) is 0 Å². The number of fused-ring (bicyclic) bond motifs is 1. The zero-order chi connectivity index (χ0) is 11.7. The summed E-state index contributed by atoms with van der Waals surface area (Å²) in [5.41, 5.74) is 1.27. The van der Waals surface area contributed by atoms with Crippen molar-refractivity contribution in [2.24, 2.45) is 4.99 Å². The number of amidine groups is 1. The fraction of sp³-hybridized carbons (Fsp3) is 0.154. The first kappa shape index (κ1) is 9.96. The first-order valence-corrected chi connectivity index (χ1v) is 5.53. The van der Waals surface area contributed by atoms with Crippen molar-refractivity contribution in [3.8, 4) is 0 Å². The van der Waals surface area contributed by atoms with Crippen LogP contribution in [0.4, 0.5) is 0 Å². The molecule has 0 saturated heterocycles. The quantitative estimate of drug-likeness (QED) is 0.786. The van der Waals surface area contributed by atoms with Crippen LogP contribution in [0.3, 0.4) is 0 Å². The molecule has 0 saturated carbocycles. The number of aliphatic imine (C=N–C) groups is 1. The molecule has 3 rings (SSSR count). The molecule has 0 fully saturated rings. The van der Waals surface area contributed by atoms with E-state index in [9.17, 15) is 4.79 Å². The number of rotatable bonds is 2. The Morgan fingerprint density at radius 3 is 2.88 bits per heavy atom. The van der Waals surface area contributed by atoms with E-state index in [0.29, 0.717) is 18.1 Å². The van der Waals surface area contributed by atoms with Gasteiger partial charge in [0.2, 0.25) is 5.78 Å². The average Bonchev–Trinajstić information content (AvgIpc) is 2.91. The first-order chi connectivity index (χ1) is 8.34. The molecule has 0 atom stereocenters. The van der Waals surface area contributed by atoms with Gasteiger partial charge in [-0.2, -0.15) is 0 Å². The molecule has 17 heavy (non-hydrogen) atoms. The number of carbonyl (C=O) groups excluding carboxylic acids is 1.